The zero-order valence-corrected chi connectivity index (χ0v) is 21.5. The molecule has 1 aliphatic rings. The SMILES string of the molecule is CC.CCCCCC(O)c1ccc(N2CC[C@@H](C)C2)cc1.CCCc1ccc(C(=O)O)s1. The number of anilines is 1. The van der Waals surface area contributed by atoms with Crippen molar-refractivity contribution in [3.05, 3.63) is 51.7 Å². The molecule has 3 rings (SSSR count). The Morgan fingerprint density at radius 1 is 1.09 bits per heavy atom. The summed E-state index contributed by atoms with van der Waals surface area (Å²) in [6.45, 7) is 12.9. The summed E-state index contributed by atoms with van der Waals surface area (Å²) < 4.78 is 0. The predicted octanol–water partition coefficient (Wildman–Crippen LogP) is 7.57. The molecule has 2 aromatic rings. The summed E-state index contributed by atoms with van der Waals surface area (Å²) in [4.78, 5) is 14.5. The maximum atomic E-state index is 10.4. The second-order valence-corrected chi connectivity index (χ2v) is 9.43. The van der Waals surface area contributed by atoms with Crippen molar-refractivity contribution in [2.45, 2.75) is 85.7 Å². The van der Waals surface area contributed by atoms with Crippen molar-refractivity contribution in [3.8, 4) is 0 Å². The molecule has 1 unspecified atom stereocenters. The minimum Gasteiger partial charge on any atom is -0.477 e. The molecule has 0 spiro atoms. The van der Waals surface area contributed by atoms with Crippen LogP contribution >= 0.6 is 11.3 Å². The number of aliphatic hydroxyl groups is 1. The number of aryl methyl sites for hydroxylation is 1. The zero-order chi connectivity index (χ0) is 23.9. The number of aliphatic hydroxyl groups excluding tert-OH is 1. The fourth-order valence-corrected chi connectivity index (χ4v) is 4.65. The molecular formula is C27H43NO3S. The molecule has 5 heteroatoms. The van der Waals surface area contributed by atoms with Gasteiger partial charge in [0.05, 0.1) is 6.10 Å². The number of unbranched alkanes of at least 4 members (excludes halogenated alkanes) is 2. The Bertz CT molecular complexity index is 757. The van der Waals surface area contributed by atoms with Crippen LogP contribution in [-0.2, 0) is 6.42 Å². The van der Waals surface area contributed by atoms with E-state index in [2.05, 4.69) is 49.9 Å². The number of thiophene rings is 1. The minimum atomic E-state index is -0.822. The molecule has 0 radical (unpaired) electrons. The van der Waals surface area contributed by atoms with E-state index in [0.29, 0.717) is 4.88 Å². The fraction of sp³-hybridized carbons (Fsp3) is 0.593. The lowest BCUT2D eigenvalue weighted by Gasteiger charge is -2.19. The van der Waals surface area contributed by atoms with Gasteiger partial charge in [0.2, 0.25) is 0 Å². The highest BCUT2D eigenvalue weighted by Crippen LogP contribution is 2.26. The first-order valence-electron chi connectivity index (χ1n) is 12.3. The summed E-state index contributed by atoms with van der Waals surface area (Å²) in [7, 11) is 0. The van der Waals surface area contributed by atoms with Gasteiger partial charge in [0.1, 0.15) is 4.88 Å². The molecular weight excluding hydrogens is 418 g/mol. The Morgan fingerprint density at radius 3 is 2.28 bits per heavy atom. The van der Waals surface area contributed by atoms with Gasteiger partial charge in [0, 0.05) is 23.7 Å². The fourth-order valence-electron chi connectivity index (χ4n) is 3.70. The number of carboxylic acids is 1. The molecule has 0 saturated carbocycles. The summed E-state index contributed by atoms with van der Waals surface area (Å²) in [5.41, 5.74) is 2.36. The number of hydrogen-bond acceptors (Lipinski definition) is 4. The van der Waals surface area contributed by atoms with Gasteiger partial charge in [-0.3, -0.25) is 0 Å². The van der Waals surface area contributed by atoms with Crippen molar-refractivity contribution in [1.82, 2.24) is 0 Å². The van der Waals surface area contributed by atoms with Crippen LogP contribution in [0, 0.1) is 5.92 Å². The normalized spacial score (nSPS) is 15.9. The molecule has 32 heavy (non-hydrogen) atoms. The summed E-state index contributed by atoms with van der Waals surface area (Å²) in [5.74, 6) is -0.0170. The molecule has 1 fully saturated rings. The second kappa shape index (κ2) is 15.9. The third kappa shape index (κ3) is 9.74. The number of benzene rings is 1. The van der Waals surface area contributed by atoms with Gasteiger partial charge in [-0.15, -0.1) is 11.3 Å². The summed E-state index contributed by atoms with van der Waals surface area (Å²) in [6.07, 6.45) is 7.47. The van der Waals surface area contributed by atoms with Crippen LogP contribution in [0.15, 0.2) is 36.4 Å². The van der Waals surface area contributed by atoms with Gasteiger partial charge in [-0.1, -0.05) is 72.4 Å². The molecule has 2 N–H and O–H groups in total. The third-order valence-electron chi connectivity index (χ3n) is 5.52. The Labute approximate surface area is 199 Å². The first kappa shape index (κ1) is 28.2. The number of carbonyl (C=O) groups is 1. The first-order chi connectivity index (χ1) is 15.4. The summed E-state index contributed by atoms with van der Waals surface area (Å²) in [6, 6.07) is 12.1. The van der Waals surface area contributed by atoms with Crippen molar-refractivity contribution < 1.29 is 15.0 Å². The summed E-state index contributed by atoms with van der Waals surface area (Å²) >= 11 is 1.37. The zero-order valence-electron chi connectivity index (χ0n) is 20.6. The average Bonchev–Trinajstić information content (AvgIpc) is 3.45. The molecule has 4 nitrogen and oxygen atoms in total. The number of hydrogen-bond donors (Lipinski definition) is 2. The van der Waals surface area contributed by atoms with Crippen LogP contribution in [0.4, 0.5) is 5.69 Å². The van der Waals surface area contributed by atoms with Crippen LogP contribution in [0.3, 0.4) is 0 Å². The highest BCUT2D eigenvalue weighted by molar-refractivity contribution is 7.13. The van der Waals surface area contributed by atoms with Gasteiger partial charge in [0.15, 0.2) is 0 Å². The molecule has 1 saturated heterocycles. The van der Waals surface area contributed by atoms with Gasteiger partial charge >= 0.3 is 5.97 Å². The first-order valence-corrected chi connectivity index (χ1v) is 13.1. The van der Waals surface area contributed by atoms with E-state index in [1.807, 2.05) is 19.9 Å². The van der Waals surface area contributed by atoms with Crippen LogP contribution in [0.25, 0.3) is 0 Å². The topological polar surface area (TPSA) is 60.8 Å². The minimum absolute atomic E-state index is 0.293. The van der Waals surface area contributed by atoms with E-state index in [9.17, 15) is 9.90 Å². The van der Waals surface area contributed by atoms with Gasteiger partial charge in [0.25, 0.3) is 0 Å². The van der Waals surface area contributed by atoms with E-state index in [-0.39, 0.29) is 6.10 Å². The molecule has 2 heterocycles. The molecule has 0 bridgehead atoms. The average molecular weight is 462 g/mol. The van der Waals surface area contributed by atoms with Crippen LogP contribution in [-0.4, -0.2) is 29.3 Å². The van der Waals surface area contributed by atoms with E-state index in [1.165, 1.54) is 49.4 Å². The Morgan fingerprint density at radius 2 is 1.78 bits per heavy atom. The lowest BCUT2D eigenvalue weighted by atomic mass is 10.0. The number of carboxylic acid groups (broad SMARTS) is 1. The highest BCUT2D eigenvalue weighted by Gasteiger charge is 2.19. The number of rotatable bonds is 9. The lowest BCUT2D eigenvalue weighted by Crippen LogP contribution is -2.18. The van der Waals surface area contributed by atoms with E-state index in [4.69, 9.17) is 5.11 Å². The molecule has 180 valence electrons. The van der Waals surface area contributed by atoms with Gasteiger partial charge < -0.3 is 15.1 Å². The Kier molecular flexibility index (Phi) is 14.0. The van der Waals surface area contributed by atoms with Gasteiger partial charge in [-0.25, -0.2) is 4.79 Å². The highest BCUT2D eigenvalue weighted by atomic mass is 32.1. The molecule has 0 aliphatic carbocycles. The van der Waals surface area contributed by atoms with E-state index in [0.717, 1.165) is 42.0 Å². The standard InChI is InChI=1S/C17H27NO.C8H10O2S.C2H6/c1-3-4-5-6-17(19)15-7-9-16(10-8-15)18-12-11-14(2)13-18;1-2-3-6-4-5-7(11-6)8(9)10;1-2/h7-10,14,17,19H,3-6,11-13H2,1-2H3;4-5H,2-3H2,1H3,(H,9,10);1-2H3/t14-,17?;;/m1../s1. The van der Waals surface area contributed by atoms with Crippen LogP contribution in [0.1, 0.15) is 99.4 Å². The second-order valence-electron chi connectivity index (χ2n) is 8.26. The molecule has 1 aliphatic heterocycles. The lowest BCUT2D eigenvalue weighted by molar-refractivity contribution is 0.0702. The summed E-state index contributed by atoms with van der Waals surface area (Å²) in [5, 5.41) is 18.7. The largest absolute Gasteiger partial charge is 0.477 e. The van der Waals surface area contributed by atoms with Crippen LogP contribution in [0.5, 0.6) is 0 Å². The van der Waals surface area contributed by atoms with Gasteiger partial charge in [-0.05, 0) is 55.0 Å². The van der Waals surface area contributed by atoms with Crippen molar-refractivity contribution in [3.63, 3.8) is 0 Å². The number of nitrogens with zero attached hydrogens (tertiary/aromatic N) is 1. The quantitative estimate of drug-likeness (QED) is 0.378. The van der Waals surface area contributed by atoms with Crippen LogP contribution in [0.2, 0.25) is 0 Å². The van der Waals surface area contributed by atoms with Crippen molar-refractivity contribution >= 4 is 23.0 Å². The maximum absolute atomic E-state index is 10.4. The molecule has 0 amide bonds. The molecule has 2 atom stereocenters. The van der Waals surface area contributed by atoms with Crippen molar-refractivity contribution in [1.29, 1.82) is 0 Å². The maximum Gasteiger partial charge on any atom is 0.345 e. The Balaban J connectivity index is 0.000000335. The molecule has 1 aromatic heterocycles. The third-order valence-corrected chi connectivity index (χ3v) is 6.65. The van der Waals surface area contributed by atoms with E-state index >= 15 is 0 Å². The smallest absolute Gasteiger partial charge is 0.345 e. The molecule has 1 aromatic carbocycles. The van der Waals surface area contributed by atoms with E-state index in [1.54, 1.807) is 6.07 Å². The van der Waals surface area contributed by atoms with Crippen molar-refractivity contribution in [2.24, 2.45) is 5.92 Å². The van der Waals surface area contributed by atoms with E-state index < -0.39 is 5.97 Å². The monoisotopic (exact) mass is 461 g/mol. The Hall–Kier alpha value is -1.85. The van der Waals surface area contributed by atoms with Crippen molar-refractivity contribution in [2.75, 3.05) is 18.0 Å². The van der Waals surface area contributed by atoms with Gasteiger partial charge in [-0.2, -0.15) is 0 Å². The number of aromatic carboxylic acids is 1. The predicted molar refractivity (Wildman–Crippen MR) is 138 cm³/mol. The van der Waals surface area contributed by atoms with Crippen LogP contribution < -0.4 is 4.90 Å².